The summed E-state index contributed by atoms with van der Waals surface area (Å²) in [6.45, 7) is 2.23. The third-order valence-electron chi connectivity index (χ3n) is 6.43. The van der Waals surface area contributed by atoms with E-state index in [4.69, 9.17) is 11.5 Å². The van der Waals surface area contributed by atoms with Gasteiger partial charge in [0.2, 0.25) is 5.91 Å². The van der Waals surface area contributed by atoms with Crippen molar-refractivity contribution in [2.75, 3.05) is 17.2 Å². The molecule has 7 N–H and O–H groups in total. The fourth-order valence-corrected chi connectivity index (χ4v) is 4.59. The molecule has 10 heteroatoms. The molecule has 41 heavy (non-hydrogen) atoms. The number of guanidine groups is 1. The number of aromatic carboxylic acids is 1. The van der Waals surface area contributed by atoms with E-state index in [1.54, 1.807) is 12.1 Å². The second-order valence-electron chi connectivity index (χ2n) is 9.37. The van der Waals surface area contributed by atoms with Gasteiger partial charge in [0.05, 0.1) is 22.5 Å². The molecule has 0 bridgehead atoms. The van der Waals surface area contributed by atoms with Crippen LogP contribution in [0.15, 0.2) is 89.9 Å². The van der Waals surface area contributed by atoms with E-state index in [9.17, 15) is 19.5 Å². The number of rotatable bonds is 11. The van der Waals surface area contributed by atoms with E-state index in [1.165, 1.54) is 12.1 Å². The minimum atomic E-state index is -1.10. The summed E-state index contributed by atoms with van der Waals surface area (Å²) in [5.41, 5.74) is 14.6. The number of hydrogen-bond acceptors (Lipinski definition) is 4. The Bertz CT molecular complexity index is 1580. The van der Waals surface area contributed by atoms with Gasteiger partial charge >= 0.3 is 5.97 Å². The number of aromatic nitrogens is 1. The molecular weight excluding hydrogens is 520 g/mol. The molecule has 0 saturated heterocycles. The van der Waals surface area contributed by atoms with Crippen LogP contribution in [0, 0.1) is 6.92 Å². The number of carbonyl (C=O) groups excluding carboxylic acids is 2. The van der Waals surface area contributed by atoms with Gasteiger partial charge in [-0.3, -0.25) is 14.6 Å². The van der Waals surface area contributed by atoms with Crippen LogP contribution < -0.4 is 22.1 Å². The molecule has 4 rings (SSSR count). The van der Waals surface area contributed by atoms with Gasteiger partial charge < -0.3 is 31.8 Å². The number of nitrogens with zero attached hydrogens (tertiary/aromatic N) is 2. The number of aliphatic imine (C=N–C) groups is 1. The summed E-state index contributed by atoms with van der Waals surface area (Å²) in [4.78, 5) is 42.5. The highest BCUT2D eigenvalue weighted by Gasteiger charge is 2.28. The second kappa shape index (κ2) is 13.1. The Morgan fingerprint density at radius 3 is 2.22 bits per heavy atom. The SMILES string of the molecule is Cc1c(C(=O)Nc2cccc(C(=O)O)c2)c(NC(=O)CCCCN=C(N)N)c(-c2ccccc2)n1-c1ccccc1. The summed E-state index contributed by atoms with van der Waals surface area (Å²) >= 11 is 0. The smallest absolute Gasteiger partial charge is 0.335 e. The third kappa shape index (κ3) is 6.99. The van der Waals surface area contributed by atoms with Crippen molar-refractivity contribution in [2.45, 2.75) is 26.2 Å². The first kappa shape index (κ1) is 28.6. The number of carbonyl (C=O) groups is 3. The topological polar surface area (TPSA) is 165 Å². The molecule has 4 aromatic rings. The fourth-order valence-electron chi connectivity index (χ4n) is 4.59. The van der Waals surface area contributed by atoms with E-state index in [0.29, 0.717) is 42.1 Å². The second-order valence-corrected chi connectivity index (χ2v) is 9.37. The average molecular weight is 553 g/mol. The summed E-state index contributed by atoms with van der Waals surface area (Å²) in [5, 5.41) is 15.2. The zero-order chi connectivity index (χ0) is 29.4. The van der Waals surface area contributed by atoms with E-state index in [-0.39, 0.29) is 29.4 Å². The van der Waals surface area contributed by atoms with Gasteiger partial charge in [-0.25, -0.2) is 4.79 Å². The maximum Gasteiger partial charge on any atom is 0.335 e. The van der Waals surface area contributed by atoms with Gasteiger partial charge in [0.1, 0.15) is 0 Å². The number of anilines is 2. The molecule has 0 aliphatic heterocycles. The van der Waals surface area contributed by atoms with Crippen molar-refractivity contribution in [3.8, 4) is 16.9 Å². The number of amides is 2. The highest BCUT2D eigenvalue weighted by atomic mass is 16.4. The number of para-hydroxylation sites is 1. The Labute approximate surface area is 237 Å². The predicted molar refractivity (Wildman–Crippen MR) is 160 cm³/mol. The summed E-state index contributed by atoms with van der Waals surface area (Å²) in [6, 6.07) is 25.0. The number of benzene rings is 3. The molecule has 0 fully saturated rings. The summed E-state index contributed by atoms with van der Waals surface area (Å²) in [7, 11) is 0. The Balaban J connectivity index is 1.79. The van der Waals surface area contributed by atoms with Crippen LogP contribution in [0.25, 0.3) is 16.9 Å². The van der Waals surface area contributed by atoms with Crippen LogP contribution in [0.5, 0.6) is 0 Å². The number of carboxylic acid groups (broad SMARTS) is 1. The number of hydrogen-bond donors (Lipinski definition) is 5. The van der Waals surface area contributed by atoms with Gasteiger partial charge in [-0.1, -0.05) is 54.6 Å². The minimum absolute atomic E-state index is 0.00391. The zero-order valence-electron chi connectivity index (χ0n) is 22.6. The summed E-state index contributed by atoms with van der Waals surface area (Å²) < 4.78 is 1.94. The maximum atomic E-state index is 13.8. The average Bonchev–Trinajstić information content (AvgIpc) is 3.25. The lowest BCUT2D eigenvalue weighted by atomic mass is 10.1. The van der Waals surface area contributed by atoms with Crippen molar-refractivity contribution < 1.29 is 19.5 Å². The Morgan fingerprint density at radius 2 is 1.56 bits per heavy atom. The molecule has 3 aromatic carbocycles. The van der Waals surface area contributed by atoms with E-state index in [0.717, 1.165) is 11.3 Å². The molecule has 0 saturated carbocycles. The molecule has 1 heterocycles. The Morgan fingerprint density at radius 1 is 0.878 bits per heavy atom. The van der Waals surface area contributed by atoms with Crippen LogP contribution in [-0.2, 0) is 4.79 Å². The molecular formula is C31H32N6O4. The molecule has 0 radical (unpaired) electrons. The van der Waals surface area contributed by atoms with Gasteiger partial charge in [-0.15, -0.1) is 0 Å². The summed E-state index contributed by atoms with van der Waals surface area (Å²) in [5.74, 6) is -1.85. The normalized spacial score (nSPS) is 10.6. The largest absolute Gasteiger partial charge is 0.478 e. The molecule has 1 aromatic heterocycles. The monoisotopic (exact) mass is 552 g/mol. The Hall–Kier alpha value is -5.38. The standard InChI is InChI=1S/C31H32N6O4/c1-20-26(29(39)35-23-14-10-13-22(19-23)30(40)41)27(36-25(38)17-8-9-18-34-31(32)33)28(21-11-4-2-5-12-21)37(20)24-15-6-3-7-16-24/h2-7,10-16,19H,8-9,17-18H2,1H3,(H,35,39)(H,36,38)(H,40,41)(H4,32,33,34). The highest BCUT2D eigenvalue weighted by molar-refractivity contribution is 6.14. The van der Waals surface area contributed by atoms with E-state index >= 15 is 0 Å². The van der Waals surface area contributed by atoms with Crippen LogP contribution in [0.2, 0.25) is 0 Å². The van der Waals surface area contributed by atoms with E-state index in [2.05, 4.69) is 15.6 Å². The van der Waals surface area contributed by atoms with Gasteiger partial charge in [0.25, 0.3) is 5.91 Å². The first-order chi connectivity index (χ1) is 19.8. The number of nitrogens with one attached hydrogen (secondary N) is 2. The third-order valence-corrected chi connectivity index (χ3v) is 6.43. The van der Waals surface area contributed by atoms with Crippen molar-refractivity contribution >= 4 is 35.1 Å². The molecule has 0 aliphatic carbocycles. The number of carboxylic acids is 1. The maximum absolute atomic E-state index is 13.8. The Kier molecular flexibility index (Phi) is 9.16. The number of nitrogens with two attached hydrogens (primary N) is 2. The molecule has 0 atom stereocenters. The first-order valence-electron chi connectivity index (χ1n) is 13.1. The lowest BCUT2D eigenvalue weighted by Crippen LogP contribution is -2.23. The quantitative estimate of drug-likeness (QED) is 0.102. The van der Waals surface area contributed by atoms with Gasteiger partial charge in [-0.05, 0) is 50.1 Å². The lowest BCUT2D eigenvalue weighted by Gasteiger charge is -2.14. The first-order valence-corrected chi connectivity index (χ1v) is 13.1. The van der Waals surface area contributed by atoms with Crippen molar-refractivity contribution in [1.29, 1.82) is 0 Å². The molecule has 210 valence electrons. The highest BCUT2D eigenvalue weighted by Crippen LogP contribution is 2.39. The molecule has 10 nitrogen and oxygen atoms in total. The lowest BCUT2D eigenvalue weighted by molar-refractivity contribution is -0.116. The van der Waals surface area contributed by atoms with Gasteiger partial charge in [0, 0.05) is 35.6 Å². The van der Waals surface area contributed by atoms with Crippen LogP contribution in [-0.4, -0.2) is 40.0 Å². The van der Waals surface area contributed by atoms with Crippen LogP contribution >= 0.6 is 0 Å². The fraction of sp³-hybridized carbons (Fsp3) is 0.161. The number of unbranched alkanes of at least 4 members (excludes halogenated alkanes) is 1. The molecule has 0 unspecified atom stereocenters. The predicted octanol–water partition coefficient (Wildman–Crippen LogP) is 4.79. The summed E-state index contributed by atoms with van der Waals surface area (Å²) in [6.07, 6.45) is 1.37. The van der Waals surface area contributed by atoms with Crippen LogP contribution in [0.4, 0.5) is 11.4 Å². The molecule has 0 aliphatic rings. The minimum Gasteiger partial charge on any atom is -0.478 e. The van der Waals surface area contributed by atoms with Crippen molar-refractivity contribution in [3.63, 3.8) is 0 Å². The molecule has 0 spiro atoms. The van der Waals surface area contributed by atoms with Crippen molar-refractivity contribution in [1.82, 2.24) is 4.57 Å². The zero-order valence-corrected chi connectivity index (χ0v) is 22.6. The van der Waals surface area contributed by atoms with Gasteiger partial charge in [-0.2, -0.15) is 0 Å². The van der Waals surface area contributed by atoms with Crippen LogP contribution in [0.3, 0.4) is 0 Å². The van der Waals surface area contributed by atoms with Gasteiger partial charge in [0.15, 0.2) is 5.96 Å². The van der Waals surface area contributed by atoms with Crippen LogP contribution in [0.1, 0.15) is 45.7 Å². The van der Waals surface area contributed by atoms with Crippen molar-refractivity contribution in [3.05, 3.63) is 102 Å². The van der Waals surface area contributed by atoms with Crippen molar-refractivity contribution in [2.24, 2.45) is 16.5 Å². The molecule has 2 amide bonds. The van der Waals surface area contributed by atoms with E-state index < -0.39 is 11.9 Å². The van der Waals surface area contributed by atoms with E-state index in [1.807, 2.05) is 72.2 Å².